The summed E-state index contributed by atoms with van der Waals surface area (Å²) in [5.74, 6) is 3.63. The third-order valence-electron chi connectivity index (χ3n) is 5.76. The molecule has 0 heterocycles. The van der Waals surface area contributed by atoms with Crippen LogP contribution in [0.4, 0.5) is 13.2 Å². The van der Waals surface area contributed by atoms with E-state index >= 15 is 0 Å². The van der Waals surface area contributed by atoms with Gasteiger partial charge in [0.25, 0.3) is 5.91 Å². The van der Waals surface area contributed by atoms with Crippen molar-refractivity contribution in [2.75, 3.05) is 13.2 Å². The van der Waals surface area contributed by atoms with E-state index in [-0.39, 0.29) is 37.4 Å². The van der Waals surface area contributed by atoms with Crippen LogP contribution in [0.1, 0.15) is 46.1 Å². The zero-order valence-electron chi connectivity index (χ0n) is 19.8. The molecule has 2 atom stereocenters. The quantitative estimate of drug-likeness (QED) is 0.150. The molecule has 0 unspecified atom stereocenters. The van der Waals surface area contributed by atoms with E-state index < -0.39 is 32.4 Å². The lowest BCUT2D eigenvalue weighted by molar-refractivity contribution is -0.273. The lowest BCUT2D eigenvalue weighted by Gasteiger charge is -2.38. The van der Waals surface area contributed by atoms with Crippen LogP contribution in [0.5, 0.6) is 0 Å². The molecule has 0 aliphatic rings. The fourth-order valence-electron chi connectivity index (χ4n) is 2.89. The van der Waals surface area contributed by atoms with Crippen LogP contribution in [0.25, 0.3) is 0 Å². The van der Waals surface area contributed by atoms with Crippen LogP contribution < -0.4 is 11.3 Å². The van der Waals surface area contributed by atoms with Gasteiger partial charge in [0.05, 0.1) is 19.3 Å². The number of benzene rings is 1. The average Bonchev–Trinajstić information content (AvgIpc) is 2.68. The van der Waals surface area contributed by atoms with Crippen LogP contribution in [-0.2, 0) is 25.3 Å². The smallest absolute Gasteiger partial charge is 0.412 e. The summed E-state index contributed by atoms with van der Waals surface area (Å²) in [6, 6.07) is 8.33. The number of carbonyl (C=O) groups excluding carboxylic acids is 1. The maximum Gasteiger partial charge on any atom is 0.426 e. The maximum atomic E-state index is 14.0. The van der Waals surface area contributed by atoms with Gasteiger partial charge >= 0.3 is 6.18 Å². The van der Waals surface area contributed by atoms with E-state index in [1.54, 1.807) is 35.8 Å². The van der Waals surface area contributed by atoms with E-state index in [2.05, 4.69) is 33.9 Å². The van der Waals surface area contributed by atoms with Gasteiger partial charge in [-0.3, -0.25) is 10.2 Å². The molecule has 0 saturated carbocycles. The molecule has 3 N–H and O–H groups in total. The minimum Gasteiger partial charge on any atom is -0.412 e. The van der Waals surface area contributed by atoms with Crippen LogP contribution in [0.15, 0.2) is 30.3 Å². The van der Waals surface area contributed by atoms with Crippen molar-refractivity contribution in [1.29, 1.82) is 0 Å². The summed E-state index contributed by atoms with van der Waals surface area (Å²) in [6.45, 7) is 12.4. The number of nitrogens with one attached hydrogen (secondary N) is 1. The predicted octanol–water partition coefficient (Wildman–Crippen LogP) is 4.70. The second kappa shape index (κ2) is 11.6. The Bertz CT molecular complexity index is 711. The van der Waals surface area contributed by atoms with Crippen molar-refractivity contribution in [2.45, 2.75) is 83.2 Å². The molecule has 0 saturated heterocycles. The number of amides is 1. The van der Waals surface area contributed by atoms with Gasteiger partial charge < -0.3 is 13.9 Å². The first-order chi connectivity index (χ1) is 14.7. The maximum absolute atomic E-state index is 14.0. The molecule has 1 amide bonds. The molecule has 0 spiro atoms. The number of nitrogens with two attached hydrogens (primary N) is 1. The van der Waals surface area contributed by atoms with Gasteiger partial charge in [-0.1, -0.05) is 51.1 Å². The lowest BCUT2D eigenvalue weighted by Crippen LogP contribution is -2.60. The minimum atomic E-state index is -4.95. The Balaban J connectivity index is 2.71. The van der Waals surface area contributed by atoms with Gasteiger partial charge in [-0.15, -0.1) is 0 Å². The fourth-order valence-corrected chi connectivity index (χ4v) is 4.31. The Labute approximate surface area is 190 Å². The molecule has 0 aliphatic carbocycles. The molecule has 0 fully saturated rings. The predicted molar refractivity (Wildman–Crippen MR) is 120 cm³/mol. The highest BCUT2D eigenvalue weighted by atomic mass is 28.4. The van der Waals surface area contributed by atoms with E-state index in [9.17, 15) is 18.0 Å². The molecule has 184 valence electrons. The van der Waals surface area contributed by atoms with E-state index in [1.807, 2.05) is 6.92 Å². The molecular formula is C22H37F3N2O4Si. The second-order valence-electron chi connectivity index (χ2n) is 9.44. The molecule has 0 aliphatic heterocycles. The van der Waals surface area contributed by atoms with Gasteiger partial charge in [0.15, 0.2) is 8.32 Å². The number of carbonyl (C=O) groups is 1. The molecule has 1 aromatic carbocycles. The minimum absolute atomic E-state index is 0.0234. The largest absolute Gasteiger partial charge is 0.426 e. The molecule has 1 aromatic rings. The number of rotatable bonds is 12. The van der Waals surface area contributed by atoms with Crippen molar-refractivity contribution in [3.05, 3.63) is 35.9 Å². The number of hydrazine groups is 1. The molecule has 32 heavy (non-hydrogen) atoms. The molecule has 10 heteroatoms. The van der Waals surface area contributed by atoms with Gasteiger partial charge in [0.1, 0.15) is 0 Å². The number of hydrogen-bond donors (Lipinski definition) is 2. The molecular weight excluding hydrogens is 441 g/mol. The third kappa shape index (κ3) is 7.84. The van der Waals surface area contributed by atoms with E-state index in [0.717, 1.165) is 0 Å². The van der Waals surface area contributed by atoms with Gasteiger partial charge in [0.2, 0.25) is 5.60 Å². The van der Waals surface area contributed by atoms with Gasteiger partial charge in [0, 0.05) is 6.61 Å². The van der Waals surface area contributed by atoms with Crippen molar-refractivity contribution in [1.82, 2.24) is 5.43 Å². The van der Waals surface area contributed by atoms with Crippen LogP contribution >= 0.6 is 0 Å². The first kappa shape index (κ1) is 28.6. The summed E-state index contributed by atoms with van der Waals surface area (Å²) in [4.78, 5) is 12.2. The number of alkyl halides is 3. The number of hydrogen-bond acceptors (Lipinski definition) is 5. The topological polar surface area (TPSA) is 82.8 Å². The molecule has 0 bridgehead atoms. The third-order valence-corrected chi connectivity index (χ3v) is 10.4. The normalized spacial score (nSPS) is 15.8. The zero-order valence-corrected chi connectivity index (χ0v) is 20.8. The molecule has 1 rings (SSSR count). The Morgan fingerprint density at radius 2 is 1.75 bits per heavy atom. The molecule has 0 aromatic heterocycles. The Morgan fingerprint density at radius 1 is 1.16 bits per heavy atom. The van der Waals surface area contributed by atoms with Crippen molar-refractivity contribution >= 4 is 14.2 Å². The highest BCUT2D eigenvalue weighted by Gasteiger charge is 2.61. The fraction of sp³-hybridized carbons (Fsp3) is 0.682. The van der Waals surface area contributed by atoms with Gasteiger partial charge in [-0.05, 0) is 43.5 Å². The number of ether oxygens (including phenoxy) is 2. The Kier molecular flexibility index (Phi) is 10.4. The summed E-state index contributed by atoms with van der Waals surface area (Å²) in [5.41, 5.74) is -0.945. The monoisotopic (exact) mass is 478 g/mol. The van der Waals surface area contributed by atoms with Crippen LogP contribution in [0, 0.1) is 0 Å². The summed E-state index contributed by atoms with van der Waals surface area (Å²) >= 11 is 0. The first-order valence-electron chi connectivity index (χ1n) is 10.7. The van der Waals surface area contributed by atoms with Crippen molar-refractivity contribution in [3.63, 3.8) is 0 Å². The van der Waals surface area contributed by atoms with Crippen molar-refractivity contribution < 1.29 is 31.9 Å². The highest BCUT2D eigenvalue weighted by molar-refractivity contribution is 6.74. The lowest BCUT2D eigenvalue weighted by atomic mass is 9.95. The highest BCUT2D eigenvalue weighted by Crippen LogP contribution is 2.39. The van der Waals surface area contributed by atoms with Gasteiger partial charge in [-0.25, -0.2) is 5.84 Å². The van der Waals surface area contributed by atoms with Crippen LogP contribution in [0.2, 0.25) is 18.1 Å². The van der Waals surface area contributed by atoms with E-state index in [4.69, 9.17) is 19.7 Å². The molecule has 0 radical (unpaired) electrons. The number of halogens is 3. The van der Waals surface area contributed by atoms with E-state index in [1.165, 1.54) is 0 Å². The summed E-state index contributed by atoms with van der Waals surface area (Å²) in [7, 11) is -1.97. The summed E-state index contributed by atoms with van der Waals surface area (Å²) in [6.07, 6.45) is -5.81. The SMILES string of the molecule is C[C@@H](COCCC[C@@](OCc1ccccc1)(C(=O)NN)C(F)(F)F)O[Si](C)(C)C(C)(C)C. The van der Waals surface area contributed by atoms with Crippen LogP contribution in [-0.4, -0.2) is 45.3 Å². The average molecular weight is 479 g/mol. The van der Waals surface area contributed by atoms with Gasteiger partial charge in [-0.2, -0.15) is 13.2 Å². The molecule has 6 nitrogen and oxygen atoms in total. The standard InChI is InChI=1S/C22H37F3N2O4Si/c1-17(31-32(5,6)20(2,3)4)15-29-14-10-13-21(19(28)27-26,22(23,24)25)30-16-18-11-8-7-9-12-18/h7-9,11-12,17H,10,13-16,26H2,1-6H3,(H,27,28)/t17-,21+/m0/s1. The van der Waals surface area contributed by atoms with Crippen LogP contribution in [0.3, 0.4) is 0 Å². The Morgan fingerprint density at radius 3 is 2.25 bits per heavy atom. The second-order valence-corrected chi connectivity index (χ2v) is 14.2. The zero-order chi connectivity index (χ0) is 24.6. The Hall–Kier alpha value is -1.46. The first-order valence-corrected chi connectivity index (χ1v) is 13.6. The van der Waals surface area contributed by atoms with Crippen molar-refractivity contribution in [3.8, 4) is 0 Å². The summed E-state index contributed by atoms with van der Waals surface area (Å²) < 4.78 is 58.8. The summed E-state index contributed by atoms with van der Waals surface area (Å²) in [5, 5.41) is 0.0409. The van der Waals surface area contributed by atoms with Crippen molar-refractivity contribution in [2.24, 2.45) is 5.84 Å². The van der Waals surface area contributed by atoms with E-state index in [0.29, 0.717) is 5.56 Å².